The molecule has 0 bridgehead atoms. The van der Waals surface area contributed by atoms with Gasteiger partial charge in [0.25, 0.3) is 0 Å². The van der Waals surface area contributed by atoms with Crippen LogP contribution in [-0.2, 0) is 6.42 Å². The molecule has 118 valence electrons. The van der Waals surface area contributed by atoms with Crippen LogP contribution in [0.25, 0.3) is 0 Å². The number of hydrogen-bond donors (Lipinski definition) is 3. The van der Waals surface area contributed by atoms with Crippen molar-refractivity contribution in [3.63, 3.8) is 0 Å². The van der Waals surface area contributed by atoms with E-state index < -0.39 is 6.10 Å². The number of aryl methyl sites for hydroxylation is 1. The van der Waals surface area contributed by atoms with Crippen LogP contribution in [0.15, 0.2) is 41.8 Å². The summed E-state index contributed by atoms with van der Waals surface area (Å²) >= 11 is 1.65. The molecule has 1 aromatic heterocycles. The topological polar surface area (TPSA) is 61.4 Å². The quantitative estimate of drug-likeness (QED) is 0.767. The largest absolute Gasteiger partial charge is 0.392 e. The maximum atomic E-state index is 12.0. The first-order valence-corrected chi connectivity index (χ1v) is 8.24. The Bertz CT molecular complexity index is 596. The molecule has 2 rings (SSSR count). The maximum absolute atomic E-state index is 12.0. The summed E-state index contributed by atoms with van der Waals surface area (Å²) in [7, 11) is 0. The molecule has 0 aliphatic heterocycles. The number of aliphatic hydroxyl groups excluding tert-OH is 1. The first-order valence-electron chi connectivity index (χ1n) is 7.36. The number of carbonyl (C=O) groups is 1. The van der Waals surface area contributed by atoms with Crippen LogP contribution < -0.4 is 10.6 Å². The second-order valence-electron chi connectivity index (χ2n) is 5.41. The van der Waals surface area contributed by atoms with Crippen molar-refractivity contribution in [2.45, 2.75) is 32.4 Å². The van der Waals surface area contributed by atoms with Crippen LogP contribution in [0.2, 0.25) is 0 Å². The second-order valence-corrected chi connectivity index (χ2v) is 6.36. The summed E-state index contributed by atoms with van der Waals surface area (Å²) < 4.78 is 0. The molecule has 2 atom stereocenters. The Balaban J connectivity index is 2.09. The molecule has 0 aliphatic carbocycles. The highest BCUT2D eigenvalue weighted by Gasteiger charge is 2.18. The number of amides is 2. The lowest BCUT2D eigenvalue weighted by Crippen LogP contribution is -2.41. The third-order valence-electron chi connectivity index (χ3n) is 3.36. The summed E-state index contributed by atoms with van der Waals surface area (Å²) in [4.78, 5) is 13.2. The Morgan fingerprint density at radius 2 is 2.00 bits per heavy atom. The summed E-state index contributed by atoms with van der Waals surface area (Å²) in [6.07, 6.45) is 0.186. The van der Waals surface area contributed by atoms with Gasteiger partial charge >= 0.3 is 6.03 Å². The Labute approximate surface area is 135 Å². The SMILES string of the molecule is Cc1ccsc1[C@H](Cc1ccccc1)NC(=O)NC[C@@H](C)O. The van der Waals surface area contributed by atoms with Crippen molar-refractivity contribution in [3.05, 3.63) is 57.8 Å². The van der Waals surface area contributed by atoms with Gasteiger partial charge in [-0.15, -0.1) is 11.3 Å². The number of urea groups is 1. The summed E-state index contributed by atoms with van der Waals surface area (Å²) in [5.41, 5.74) is 2.36. The Morgan fingerprint density at radius 1 is 1.27 bits per heavy atom. The van der Waals surface area contributed by atoms with Crippen LogP contribution in [0, 0.1) is 6.92 Å². The minimum absolute atomic E-state index is 0.0728. The van der Waals surface area contributed by atoms with E-state index >= 15 is 0 Å². The van der Waals surface area contributed by atoms with Crippen LogP contribution in [0.3, 0.4) is 0 Å². The van der Waals surface area contributed by atoms with Gasteiger partial charge in [0.1, 0.15) is 0 Å². The number of aliphatic hydroxyl groups is 1. The molecular formula is C17H22N2O2S. The molecule has 0 saturated carbocycles. The minimum atomic E-state index is -0.554. The van der Waals surface area contributed by atoms with Gasteiger partial charge < -0.3 is 15.7 Å². The predicted octanol–water partition coefficient (Wildman–Crippen LogP) is 3.02. The van der Waals surface area contributed by atoms with Gasteiger partial charge in [0.15, 0.2) is 0 Å². The lowest BCUT2D eigenvalue weighted by Gasteiger charge is -2.19. The van der Waals surface area contributed by atoms with E-state index in [2.05, 4.69) is 35.8 Å². The van der Waals surface area contributed by atoms with E-state index in [0.717, 1.165) is 11.3 Å². The lowest BCUT2D eigenvalue weighted by molar-refractivity contribution is 0.186. The average molecular weight is 318 g/mol. The Morgan fingerprint density at radius 3 is 2.59 bits per heavy atom. The number of hydrogen-bond acceptors (Lipinski definition) is 3. The maximum Gasteiger partial charge on any atom is 0.315 e. The van der Waals surface area contributed by atoms with Gasteiger partial charge in [-0.3, -0.25) is 0 Å². The number of benzene rings is 1. The molecule has 0 unspecified atom stereocenters. The number of nitrogens with one attached hydrogen (secondary N) is 2. The highest BCUT2D eigenvalue weighted by molar-refractivity contribution is 7.10. The smallest absolute Gasteiger partial charge is 0.315 e. The number of thiophene rings is 1. The van der Waals surface area contributed by atoms with Crippen LogP contribution in [0.4, 0.5) is 4.79 Å². The van der Waals surface area contributed by atoms with Crippen LogP contribution in [0.1, 0.15) is 29.0 Å². The van der Waals surface area contributed by atoms with Crippen molar-refractivity contribution in [2.75, 3.05) is 6.54 Å². The van der Waals surface area contributed by atoms with E-state index in [0.29, 0.717) is 0 Å². The fourth-order valence-electron chi connectivity index (χ4n) is 2.25. The van der Waals surface area contributed by atoms with Crippen LogP contribution in [-0.4, -0.2) is 23.8 Å². The fourth-order valence-corrected chi connectivity index (χ4v) is 3.23. The van der Waals surface area contributed by atoms with Crippen molar-refractivity contribution < 1.29 is 9.90 Å². The molecule has 2 aromatic rings. The Kier molecular flexibility index (Phi) is 5.98. The summed E-state index contributed by atoms with van der Waals surface area (Å²) in [5, 5.41) is 17.0. The van der Waals surface area contributed by atoms with Crippen molar-refractivity contribution in [1.29, 1.82) is 0 Å². The molecule has 1 aromatic carbocycles. The summed E-state index contributed by atoms with van der Waals surface area (Å²) in [5.74, 6) is 0. The summed E-state index contributed by atoms with van der Waals surface area (Å²) in [6.45, 7) is 3.94. The second kappa shape index (κ2) is 7.96. The van der Waals surface area contributed by atoms with Crippen molar-refractivity contribution >= 4 is 17.4 Å². The van der Waals surface area contributed by atoms with E-state index in [9.17, 15) is 9.90 Å². The average Bonchev–Trinajstić information content (AvgIpc) is 2.92. The first kappa shape index (κ1) is 16.5. The Hall–Kier alpha value is -1.85. The molecule has 0 fully saturated rings. The zero-order valence-electron chi connectivity index (χ0n) is 12.9. The van der Waals surface area contributed by atoms with Gasteiger partial charge in [-0.1, -0.05) is 30.3 Å². The molecule has 0 saturated heterocycles. The zero-order chi connectivity index (χ0) is 15.9. The monoisotopic (exact) mass is 318 g/mol. The molecular weight excluding hydrogens is 296 g/mol. The van der Waals surface area contributed by atoms with Crippen molar-refractivity contribution in [3.8, 4) is 0 Å². The van der Waals surface area contributed by atoms with Crippen molar-refractivity contribution in [1.82, 2.24) is 10.6 Å². The molecule has 22 heavy (non-hydrogen) atoms. The first-order chi connectivity index (χ1) is 10.6. The van der Waals surface area contributed by atoms with Gasteiger partial charge in [-0.05, 0) is 42.8 Å². The van der Waals surface area contributed by atoms with Gasteiger partial charge in [-0.2, -0.15) is 0 Å². The molecule has 5 heteroatoms. The molecule has 0 spiro atoms. The van der Waals surface area contributed by atoms with Crippen molar-refractivity contribution in [2.24, 2.45) is 0 Å². The van der Waals surface area contributed by atoms with E-state index in [1.807, 2.05) is 23.6 Å². The zero-order valence-corrected chi connectivity index (χ0v) is 13.7. The van der Waals surface area contributed by atoms with E-state index in [1.54, 1.807) is 18.3 Å². The molecule has 3 N–H and O–H groups in total. The third kappa shape index (κ3) is 4.86. The standard InChI is InChI=1S/C17H22N2O2S/c1-12-8-9-22-16(12)15(10-14-6-4-3-5-7-14)19-17(21)18-11-13(2)20/h3-9,13,15,20H,10-11H2,1-2H3,(H2,18,19,21)/t13-,15+/m1/s1. The van der Waals surface area contributed by atoms with Gasteiger partial charge in [0.05, 0.1) is 12.1 Å². The van der Waals surface area contributed by atoms with E-state index in [1.165, 1.54) is 11.1 Å². The lowest BCUT2D eigenvalue weighted by atomic mass is 10.0. The number of rotatable bonds is 6. The van der Waals surface area contributed by atoms with Crippen LogP contribution in [0.5, 0.6) is 0 Å². The van der Waals surface area contributed by atoms with Gasteiger partial charge in [-0.25, -0.2) is 4.79 Å². The normalized spacial score (nSPS) is 13.4. The number of carbonyl (C=O) groups excluding carboxylic acids is 1. The third-order valence-corrected chi connectivity index (χ3v) is 4.50. The molecule has 0 radical (unpaired) electrons. The van der Waals surface area contributed by atoms with E-state index in [4.69, 9.17) is 0 Å². The van der Waals surface area contributed by atoms with Gasteiger partial charge in [0, 0.05) is 11.4 Å². The molecule has 2 amide bonds. The highest BCUT2D eigenvalue weighted by atomic mass is 32.1. The van der Waals surface area contributed by atoms with Crippen LogP contribution >= 0.6 is 11.3 Å². The highest BCUT2D eigenvalue weighted by Crippen LogP contribution is 2.26. The molecule has 4 nitrogen and oxygen atoms in total. The summed E-state index contributed by atoms with van der Waals surface area (Å²) in [6, 6.07) is 11.8. The fraction of sp³-hybridized carbons (Fsp3) is 0.353. The van der Waals surface area contributed by atoms with E-state index in [-0.39, 0.29) is 18.6 Å². The van der Waals surface area contributed by atoms with Gasteiger partial charge in [0.2, 0.25) is 0 Å². The molecule has 1 heterocycles. The molecule has 0 aliphatic rings. The predicted molar refractivity (Wildman–Crippen MR) is 90.2 cm³/mol. The minimum Gasteiger partial charge on any atom is -0.392 e.